The lowest BCUT2D eigenvalue weighted by atomic mass is 10.0. The van der Waals surface area contributed by atoms with Gasteiger partial charge in [-0.1, -0.05) is 0 Å². The van der Waals surface area contributed by atoms with E-state index in [-0.39, 0.29) is 11.8 Å². The zero-order valence-electron chi connectivity index (χ0n) is 7.01. The molecule has 0 aliphatic carbocycles. The number of piperidine rings is 1. The molecule has 4 heteroatoms. The lowest BCUT2D eigenvalue weighted by molar-refractivity contribution is -0.142. The van der Waals surface area contributed by atoms with Crippen LogP contribution >= 0.6 is 11.6 Å². The Morgan fingerprint density at radius 3 is 3.08 bits per heavy atom. The quantitative estimate of drug-likeness (QED) is 0.529. The molecule has 0 unspecified atom stereocenters. The number of ether oxygens (including phenoxy) is 1. The van der Waals surface area contributed by atoms with Crippen LogP contribution in [-0.2, 0) is 9.53 Å². The lowest BCUT2D eigenvalue weighted by Crippen LogP contribution is -2.32. The molecule has 0 bridgehead atoms. The van der Waals surface area contributed by atoms with Gasteiger partial charge in [0.2, 0.25) is 0 Å². The molecule has 1 aliphatic rings. The van der Waals surface area contributed by atoms with E-state index in [0.29, 0.717) is 12.5 Å². The second-order valence-electron chi connectivity index (χ2n) is 3.03. The Bertz CT molecular complexity index is 146. The lowest BCUT2D eigenvalue weighted by Gasteiger charge is -2.21. The van der Waals surface area contributed by atoms with Crippen LogP contribution < -0.4 is 5.32 Å². The van der Waals surface area contributed by atoms with Crippen LogP contribution in [0.5, 0.6) is 0 Å². The van der Waals surface area contributed by atoms with E-state index in [9.17, 15) is 4.79 Å². The fourth-order valence-corrected chi connectivity index (χ4v) is 1.39. The van der Waals surface area contributed by atoms with Crippen LogP contribution in [0.3, 0.4) is 0 Å². The molecular weight excluding hydrogens is 178 g/mol. The Balaban J connectivity index is 2.09. The predicted octanol–water partition coefficient (Wildman–Crippen LogP) is 0.768. The van der Waals surface area contributed by atoms with E-state index < -0.39 is 0 Å². The number of hydrogen-bond donors (Lipinski definition) is 1. The number of halogens is 1. The molecule has 3 nitrogen and oxygen atoms in total. The first-order chi connectivity index (χ1) is 5.83. The molecule has 0 spiro atoms. The zero-order chi connectivity index (χ0) is 8.81. The molecule has 0 saturated carbocycles. The summed E-state index contributed by atoms with van der Waals surface area (Å²) in [5.74, 6) is 0.119. The first kappa shape index (κ1) is 9.81. The number of nitrogens with one attached hydrogen (secondary N) is 1. The first-order valence-corrected chi connectivity index (χ1v) is 4.78. The van der Waals surface area contributed by atoms with Crippen LogP contribution in [0, 0.1) is 5.92 Å². The number of carbonyl (C=O) groups is 1. The molecule has 70 valence electrons. The van der Waals surface area contributed by atoms with Crippen molar-refractivity contribution in [2.75, 3.05) is 25.6 Å². The number of esters is 1. The molecule has 0 aromatic carbocycles. The third kappa shape index (κ3) is 3.41. The smallest absolute Gasteiger partial charge is 0.320 e. The maximum atomic E-state index is 10.7. The van der Waals surface area contributed by atoms with Gasteiger partial charge in [-0.15, -0.1) is 11.6 Å². The van der Waals surface area contributed by atoms with Crippen molar-refractivity contribution in [2.45, 2.75) is 12.8 Å². The summed E-state index contributed by atoms with van der Waals surface area (Å²) in [6, 6.07) is 0. The standard InChI is InChI=1S/C8H14ClNO2/c9-4-8(11)12-6-7-2-1-3-10-5-7/h7,10H,1-6H2/t7-/m1/s1. The van der Waals surface area contributed by atoms with Crippen molar-refractivity contribution in [1.82, 2.24) is 5.32 Å². The molecule has 1 heterocycles. The number of carbonyl (C=O) groups excluding carboxylic acids is 1. The van der Waals surface area contributed by atoms with Crippen molar-refractivity contribution in [3.8, 4) is 0 Å². The largest absolute Gasteiger partial charge is 0.464 e. The van der Waals surface area contributed by atoms with Gasteiger partial charge in [0.15, 0.2) is 0 Å². The minimum atomic E-state index is -0.317. The molecule has 0 aromatic rings. The summed E-state index contributed by atoms with van der Waals surface area (Å²) in [6.45, 7) is 2.55. The van der Waals surface area contributed by atoms with Crippen LogP contribution in [0.15, 0.2) is 0 Å². The fraction of sp³-hybridized carbons (Fsp3) is 0.875. The van der Waals surface area contributed by atoms with Gasteiger partial charge in [-0.05, 0) is 19.4 Å². The molecule has 1 N–H and O–H groups in total. The Labute approximate surface area is 77.4 Å². The van der Waals surface area contributed by atoms with E-state index >= 15 is 0 Å². The third-order valence-electron chi connectivity index (χ3n) is 1.99. The minimum absolute atomic E-state index is 0.0415. The third-order valence-corrected chi connectivity index (χ3v) is 2.21. The van der Waals surface area contributed by atoms with E-state index in [1.54, 1.807) is 0 Å². The van der Waals surface area contributed by atoms with Gasteiger partial charge < -0.3 is 10.1 Å². The van der Waals surface area contributed by atoms with E-state index in [1.165, 1.54) is 6.42 Å². The summed E-state index contributed by atoms with van der Waals surface area (Å²) < 4.78 is 4.92. The maximum absolute atomic E-state index is 10.7. The van der Waals surface area contributed by atoms with Gasteiger partial charge in [0, 0.05) is 12.5 Å². The van der Waals surface area contributed by atoms with Crippen molar-refractivity contribution in [3.05, 3.63) is 0 Å². The van der Waals surface area contributed by atoms with Gasteiger partial charge in [0.05, 0.1) is 6.61 Å². The Morgan fingerprint density at radius 2 is 2.50 bits per heavy atom. The molecule has 1 saturated heterocycles. The zero-order valence-corrected chi connectivity index (χ0v) is 7.77. The number of alkyl halides is 1. The number of hydrogen-bond acceptors (Lipinski definition) is 3. The molecule has 1 aliphatic heterocycles. The topological polar surface area (TPSA) is 38.3 Å². The number of rotatable bonds is 3. The molecule has 0 amide bonds. The highest BCUT2D eigenvalue weighted by molar-refractivity contribution is 6.26. The highest BCUT2D eigenvalue weighted by Gasteiger charge is 2.14. The van der Waals surface area contributed by atoms with Crippen LogP contribution in [0.1, 0.15) is 12.8 Å². The average Bonchev–Trinajstić information content (AvgIpc) is 2.16. The second-order valence-corrected chi connectivity index (χ2v) is 3.30. The summed E-state index contributed by atoms with van der Waals surface area (Å²) in [5, 5.41) is 3.25. The predicted molar refractivity (Wildman–Crippen MR) is 47.3 cm³/mol. The molecule has 1 fully saturated rings. The summed E-state index contributed by atoms with van der Waals surface area (Å²) in [4.78, 5) is 10.7. The molecule has 1 atom stereocenters. The van der Waals surface area contributed by atoms with Crippen LogP contribution in [0.4, 0.5) is 0 Å². The molecule has 0 radical (unpaired) electrons. The second kappa shape index (κ2) is 5.38. The van der Waals surface area contributed by atoms with Gasteiger partial charge in [0.1, 0.15) is 5.88 Å². The summed E-state index contributed by atoms with van der Waals surface area (Å²) in [5.41, 5.74) is 0. The van der Waals surface area contributed by atoms with E-state index in [1.807, 2.05) is 0 Å². The van der Waals surface area contributed by atoms with Gasteiger partial charge in [-0.2, -0.15) is 0 Å². The van der Waals surface area contributed by atoms with Crippen molar-refractivity contribution in [1.29, 1.82) is 0 Å². The highest BCUT2D eigenvalue weighted by atomic mass is 35.5. The van der Waals surface area contributed by atoms with Crippen LogP contribution in [0.25, 0.3) is 0 Å². The van der Waals surface area contributed by atoms with E-state index in [0.717, 1.165) is 19.5 Å². The monoisotopic (exact) mass is 191 g/mol. The maximum Gasteiger partial charge on any atom is 0.320 e. The van der Waals surface area contributed by atoms with Crippen molar-refractivity contribution >= 4 is 17.6 Å². The molecule has 12 heavy (non-hydrogen) atoms. The molecule has 1 rings (SSSR count). The van der Waals surface area contributed by atoms with Crippen molar-refractivity contribution in [2.24, 2.45) is 5.92 Å². The fourth-order valence-electron chi connectivity index (χ4n) is 1.32. The molecular formula is C8H14ClNO2. The van der Waals surface area contributed by atoms with Gasteiger partial charge in [-0.3, -0.25) is 4.79 Å². The summed E-state index contributed by atoms with van der Waals surface area (Å²) in [7, 11) is 0. The van der Waals surface area contributed by atoms with E-state index in [2.05, 4.69) is 5.32 Å². The average molecular weight is 192 g/mol. The normalized spacial score (nSPS) is 23.6. The van der Waals surface area contributed by atoms with Crippen LogP contribution in [0.2, 0.25) is 0 Å². The molecule has 0 aromatic heterocycles. The highest BCUT2D eigenvalue weighted by Crippen LogP contribution is 2.09. The SMILES string of the molecule is O=C(CCl)OC[C@@H]1CCCNC1. The van der Waals surface area contributed by atoms with Crippen molar-refractivity contribution < 1.29 is 9.53 Å². The Morgan fingerprint density at radius 1 is 1.67 bits per heavy atom. The summed E-state index contributed by atoms with van der Waals surface area (Å²) in [6.07, 6.45) is 2.31. The van der Waals surface area contributed by atoms with Gasteiger partial charge in [-0.25, -0.2) is 0 Å². The van der Waals surface area contributed by atoms with E-state index in [4.69, 9.17) is 16.3 Å². The van der Waals surface area contributed by atoms with Crippen LogP contribution in [-0.4, -0.2) is 31.5 Å². The Kier molecular flexibility index (Phi) is 4.40. The van der Waals surface area contributed by atoms with Gasteiger partial charge in [0.25, 0.3) is 0 Å². The minimum Gasteiger partial charge on any atom is -0.464 e. The Hall–Kier alpha value is -0.280. The van der Waals surface area contributed by atoms with Crippen molar-refractivity contribution in [3.63, 3.8) is 0 Å². The summed E-state index contributed by atoms with van der Waals surface area (Å²) >= 11 is 5.28. The van der Waals surface area contributed by atoms with Gasteiger partial charge >= 0.3 is 5.97 Å². The first-order valence-electron chi connectivity index (χ1n) is 4.25.